The summed E-state index contributed by atoms with van der Waals surface area (Å²) in [4.78, 5) is 27.9. The van der Waals surface area contributed by atoms with E-state index in [1.54, 1.807) is 20.0 Å². The number of phosphoric acid groups is 1. The molecule has 0 aliphatic rings. The van der Waals surface area contributed by atoms with Gasteiger partial charge < -0.3 is 13.9 Å². The number of carbonyl (C=O) groups excluding carboxylic acids is 1. The molecule has 2 rings (SSSR count). The average molecular weight is 378 g/mol. The maximum Gasteiger partial charge on any atom is 0.268 e. The first kappa shape index (κ1) is 20.7. The number of pyridine rings is 1. The number of unbranched alkanes of at least 4 members (excludes halogenated alkanes) is 2. The minimum atomic E-state index is -4.21. The SMILES string of the molecule is CC(C)OP(=O)([O-])OCCCCCC(=O)Cc1cnc2ccccc2c1. The Kier molecular flexibility index (Phi) is 7.91. The highest BCUT2D eigenvalue weighted by Gasteiger charge is 2.11. The molecule has 142 valence electrons. The topological polar surface area (TPSA) is 88.5 Å². The number of ketones is 1. The van der Waals surface area contributed by atoms with Gasteiger partial charge >= 0.3 is 0 Å². The van der Waals surface area contributed by atoms with Crippen molar-refractivity contribution >= 4 is 24.5 Å². The van der Waals surface area contributed by atoms with Gasteiger partial charge in [0.2, 0.25) is 0 Å². The summed E-state index contributed by atoms with van der Waals surface area (Å²) in [5.74, 6) is 0.153. The van der Waals surface area contributed by atoms with Crippen molar-refractivity contribution in [3.05, 3.63) is 42.1 Å². The van der Waals surface area contributed by atoms with Crippen molar-refractivity contribution in [2.75, 3.05) is 6.61 Å². The quantitative estimate of drug-likeness (QED) is 0.436. The maximum absolute atomic E-state index is 12.1. The zero-order valence-electron chi connectivity index (χ0n) is 15.2. The summed E-state index contributed by atoms with van der Waals surface area (Å²) in [7, 11) is -4.21. The van der Waals surface area contributed by atoms with Crippen LogP contribution in [0.15, 0.2) is 36.5 Å². The van der Waals surface area contributed by atoms with E-state index >= 15 is 0 Å². The molecule has 7 heteroatoms. The van der Waals surface area contributed by atoms with Gasteiger partial charge in [0, 0.05) is 24.4 Å². The van der Waals surface area contributed by atoms with Crippen molar-refractivity contribution in [2.45, 2.75) is 52.1 Å². The Hall–Kier alpha value is -1.59. The molecule has 0 saturated heterocycles. The van der Waals surface area contributed by atoms with Crippen molar-refractivity contribution in [1.82, 2.24) is 4.98 Å². The fourth-order valence-electron chi connectivity index (χ4n) is 2.60. The first-order valence-electron chi connectivity index (χ1n) is 8.85. The van der Waals surface area contributed by atoms with Crippen LogP contribution in [0.2, 0.25) is 0 Å². The summed E-state index contributed by atoms with van der Waals surface area (Å²) in [6.45, 7) is 3.34. The van der Waals surface area contributed by atoms with E-state index in [4.69, 9.17) is 9.05 Å². The Labute approximate surface area is 154 Å². The Morgan fingerprint density at radius 2 is 2.00 bits per heavy atom. The summed E-state index contributed by atoms with van der Waals surface area (Å²) in [6.07, 6.45) is 4.14. The number of aromatic nitrogens is 1. The number of nitrogens with zero attached hydrogens (tertiary/aromatic N) is 1. The molecule has 0 amide bonds. The number of hydrogen-bond donors (Lipinski definition) is 0. The molecule has 1 unspecified atom stereocenters. The Bertz CT molecular complexity index is 777. The van der Waals surface area contributed by atoms with Gasteiger partial charge in [-0.15, -0.1) is 0 Å². The Morgan fingerprint density at radius 1 is 1.23 bits per heavy atom. The van der Waals surface area contributed by atoms with Crippen LogP contribution in [0.4, 0.5) is 0 Å². The van der Waals surface area contributed by atoms with Crippen molar-refractivity contribution in [3.8, 4) is 0 Å². The zero-order chi connectivity index (χ0) is 19.0. The maximum atomic E-state index is 12.1. The second-order valence-electron chi connectivity index (χ2n) is 6.50. The van der Waals surface area contributed by atoms with Gasteiger partial charge in [-0.25, -0.2) is 0 Å². The lowest BCUT2D eigenvalue weighted by Crippen LogP contribution is -2.13. The lowest BCUT2D eigenvalue weighted by Gasteiger charge is -2.24. The van der Waals surface area contributed by atoms with E-state index < -0.39 is 13.9 Å². The smallest absolute Gasteiger partial charge is 0.268 e. The highest BCUT2D eigenvalue weighted by atomic mass is 31.2. The number of benzene rings is 1. The number of rotatable bonds is 11. The molecule has 0 aliphatic carbocycles. The van der Waals surface area contributed by atoms with Crippen molar-refractivity contribution in [1.29, 1.82) is 0 Å². The van der Waals surface area contributed by atoms with E-state index in [9.17, 15) is 14.3 Å². The molecule has 0 N–H and O–H groups in total. The number of Topliss-reactive ketones (excluding diaryl/α,β-unsaturated/α-hetero) is 1. The minimum absolute atomic E-state index is 0.0796. The number of hydrogen-bond acceptors (Lipinski definition) is 6. The van der Waals surface area contributed by atoms with Gasteiger partial charge in [-0.05, 0) is 44.4 Å². The van der Waals surface area contributed by atoms with E-state index in [-0.39, 0.29) is 12.4 Å². The van der Waals surface area contributed by atoms with E-state index in [1.807, 2.05) is 30.3 Å². The van der Waals surface area contributed by atoms with Crippen molar-refractivity contribution in [2.24, 2.45) is 0 Å². The van der Waals surface area contributed by atoms with Crippen molar-refractivity contribution < 1.29 is 23.3 Å². The molecular formula is C19H25NO5P-. The fourth-order valence-corrected chi connectivity index (χ4v) is 3.53. The van der Waals surface area contributed by atoms with Crippen LogP contribution in [0.1, 0.15) is 45.1 Å². The monoisotopic (exact) mass is 378 g/mol. The van der Waals surface area contributed by atoms with Crippen LogP contribution in [-0.4, -0.2) is 23.5 Å². The van der Waals surface area contributed by atoms with Crippen LogP contribution in [0.3, 0.4) is 0 Å². The third kappa shape index (κ3) is 7.34. The number of phosphoric ester groups is 1. The highest BCUT2D eigenvalue weighted by Crippen LogP contribution is 2.39. The molecule has 0 saturated carbocycles. The first-order valence-corrected chi connectivity index (χ1v) is 10.3. The van der Waals surface area contributed by atoms with E-state index in [1.165, 1.54) is 0 Å². The van der Waals surface area contributed by atoms with Crippen LogP contribution in [0.25, 0.3) is 10.9 Å². The minimum Gasteiger partial charge on any atom is -0.756 e. The summed E-state index contributed by atoms with van der Waals surface area (Å²) in [5, 5.41) is 1.03. The van der Waals surface area contributed by atoms with E-state index in [2.05, 4.69) is 4.98 Å². The lowest BCUT2D eigenvalue weighted by molar-refractivity contribution is -0.228. The molecule has 1 aromatic carbocycles. The van der Waals surface area contributed by atoms with Gasteiger partial charge in [0.15, 0.2) is 0 Å². The fraction of sp³-hybridized carbons (Fsp3) is 0.474. The first-order chi connectivity index (χ1) is 12.4. The Balaban J connectivity index is 1.65. The Morgan fingerprint density at radius 3 is 2.77 bits per heavy atom. The largest absolute Gasteiger partial charge is 0.756 e. The summed E-state index contributed by atoms with van der Waals surface area (Å²) >= 11 is 0. The molecule has 0 spiro atoms. The molecule has 0 aliphatic heterocycles. The predicted octanol–water partition coefficient (Wildman–Crippen LogP) is 3.82. The van der Waals surface area contributed by atoms with Crippen molar-refractivity contribution in [3.63, 3.8) is 0 Å². The number of carbonyl (C=O) groups is 1. The van der Waals surface area contributed by atoms with Crippen LogP contribution >= 0.6 is 7.82 Å². The summed E-state index contributed by atoms with van der Waals surface area (Å²) in [6, 6.07) is 9.80. The third-order valence-electron chi connectivity index (χ3n) is 3.74. The van der Waals surface area contributed by atoms with Gasteiger partial charge in [0.1, 0.15) is 5.78 Å². The molecule has 0 fully saturated rings. The van der Waals surface area contributed by atoms with E-state index in [0.717, 1.165) is 22.9 Å². The predicted molar refractivity (Wildman–Crippen MR) is 98.7 cm³/mol. The molecular weight excluding hydrogens is 353 g/mol. The van der Waals surface area contributed by atoms with Gasteiger partial charge in [0.25, 0.3) is 7.82 Å². The van der Waals surface area contributed by atoms with Crippen LogP contribution in [-0.2, 0) is 24.8 Å². The standard InChI is InChI=1S/C19H26NO5P/c1-15(2)25-26(22,23)24-11-7-3-4-9-18(21)13-16-12-17-8-5-6-10-19(17)20-14-16/h5-6,8,10,12,14-15H,3-4,7,9,11,13H2,1-2H3,(H,22,23)/p-1. The summed E-state index contributed by atoms with van der Waals surface area (Å²) < 4.78 is 20.9. The molecule has 0 radical (unpaired) electrons. The van der Waals surface area contributed by atoms with Crippen LogP contribution in [0, 0.1) is 0 Å². The highest BCUT2D eigenvalue weighted by molar-refractivity contribution is 7.45. The van der Waals surface area contributed by atoms with Crippen LogP contribution in [0.5, 0.6) is 0 Å². The van der Waals surface area contributed by atoms with Gasteiger partial charge in [-0.3, -0.25) is 14.3 Å². The molecule has 1 atom stereocenters. The average Bonchev–Trinajstić information content (AvgIpc) is 2.56. The van der Waals surface area contributed by atoms with Gasteiger partial charge in [0.05, 0.1) is 18.2 Å². The van der Waals surface area contributed by atoms with Gasteiger partial charge in [-0.2, -0.15) is 0 Å². The number of para-hydroxylation sites is 1. The molecule has 26 heavy (non-hydrogen) atoms. The number of fused-ring (bicyclic) bond motifs is 1. The summed E-state index contributed by atoms with van der Waals surface area (Å²) in [5.41, 5.74) is 1.83. The molecule has 0 bridgehead atoms. The van der Waals surface area contributed by atoms with E-state index in [0.29, 0.717) is 25.7 Å². The van der Waals surface area contributed by atoms with Gasteiger partial charge in [-0.1, -0.05) is 24.6 Å². The molecule has 2 aromatic rings. The second-order valence-corrected chi connectivity index (χ2v) is 7.86. The zero-order valence-corrected chi connectivity index (χ0v) is 16.1. The van der Waals surface area contributed by atoms with Crippen LogP contribution < -0.4 is 4.89 Å². The molecule has 1 heterocycles. The molecule has 1 aromatic heterocycles. The third-order valence-corrected chi connectivity index (χ3v) is 4.92. The molecule has 6 nitrogen and oxygen atoms in total. The normalized spacial score (nSPS) is 13.8. The lowest BCUT2D eigenvalue weighted by atomic mass is 10.0. The second kappa shape index (κ2) is 9.93.